The fourth-order valence-corrected chi connectivity index (χ4v) is 4.10. The van der Waals surface area contributed by atoms with E-state index in [1.807, 2.05) is 0 Å². The van der Waals surface area contributed by atoms with Crippen LogP contribution < -0.4 is 5.56 Å². The van der Waals surface area contributed by atoms with Crippen LogP contribution in [-0.2, 0) is 5.54 Å². The van der Waals surface area contributed by atoms with E-state index in [1.54, 1.807) is 13.0 Å². The van der Waals surface area contributed by atoms with Crippen molar-refractivity contribution in [2.75, 3.05) is 6.54 Å². The summed E-state index contributed by atoms with van der Waals surface area (Å²) in [6.45, 7) is 2.26. The van der Waals surface area contributed by atoms with E-state index in [-0.39, 0.29) is 5.56 Å². The molecule has 0 bridgehead atoms. The van der Waals surface area contributed by atoms with Crippen molar-refractivity contribution < 1.29 is 9.90 Å². The Labute approximate surface area is 126 Å². The molecule has 1 atom stereocenters. The van der Waals surface area contributed by atoms with Gasteiger partial charge in [0.05, 0.1) is 9.30 Å². The molecular weight excluding hydrogens is 346 g/mol. The van der Waals surface area contributed by atoms with Crippen molar-refractivity contribution in [1.82, 2.24) is 14.9 Å². The van der Waals surface area contributed by atoms with Crippen LogP contribution in [0.25, 0.3) is 10.2 Å². The lowest BCUT2D eigenvalue weighted by Gasteiger charge is -2.31. The zero-order valence-electron chi connectivity index (χ0n) is 10.6. The van der Waals surface area contributed by atoms with Crippen molar-refractivity contribution in [3.8, 4) is 0 Å². The van der Waals surface area contributed by atoms with Crippen molar-refractivity contribution in [3.63, 3.8) is 0 Å². The molecule has 8 heteroatoms. The van der Waals surface area contributed by atoms with Crippen LogP contribution in [0, 0.1) is 0 Å². The molecule has 106 valence electrons. The monoisotopic (exact) mass is 357 g/mol. The molecule has 0 radical (unpaired) electrons. The Hall–Kier alpha value is -1.41. The molecule has 20 heavy (non-hydrogen) atoms. The Morgan fingerprint density at radius 3 is 3.10 bits per heavy atom. The minimum atomic E-state index is -0.987. The molecule has 0 unspecified atom stereocenters. The molecule has 2 aromatic rings. The first-order valence-electron chi connectivity index (χ1n) is 6.12. The number of fused-ring (bicyclic) bond motifs is 1. The van der Waals surface area contributed by atoms with Crippen molar-refractivity contribution in [2.45, 2.75) is 25.3 Å². The molecule has 1 fully saturated rings. The first kappa shape index (κ1) is 13.6. The van der Waals surface area contributed by atoms with Gasteiger partial charge in [0.1, 0.15) is 16.1 Å². The molecule has 1 amide bonds. The largest absolute Gasteiger partial charge is 0.465 e. The fraction of sp³-hybridized carbons (Fsp3) is 0.417. The maximum atomic E-state index is 12.1. The highest BCUT2D eigenvalue weighted by molar-refractivity contribution is 9.11. The summed E-state index contributed by atoms with van der Waals surface area (Å²) in [6.07, 6.45) is 0.427. The van der Waals surface area contributed by atoms with Gasteiger partial charge in [-0.3, -0.25) is 9.69 Å². The predicted octanol–water partition coefficient (Wildman–Crippen LogP) is 2.74. The highest BCUT2D eigenvalue weighted by atomic mass is 79.9. The summed E-state index contributed by atoms with van der Waals surface area (Å²) in [6, 6.07) is 1.78. The normalized spacial score (nSPS) is 22.6. The minimum absolute atomic E-state index is 0.223. The van der Waals surface area contributed by atoms with Crippen LogP contribution in [0.4, 0.5) is 4.79 Å². The number of aromatic amines is 1. The number of hydrogen-bond donors (Lipinski definition) is 2. The van der Waals surface area contributed by atoms with E-state index in [0.717, 1.165) is 10.2 Å². The molecule has 3 rings (SSSR count). The SMILES string of the molecule is C[C@]1(c2nc3cc(Br)sc3c(=O)[nH]2)CCCN1C(=O)O. The van der Waals surface area contributed by atoms with E-state index in [9.17, 15) is 14.7 Å². The number of rotatable bonds is 1. The first-order valence-corrected chi connectivity index (χ1v) is 7.73. The quantitative estimate of drug-likeness (QED) is 0.821. The maximum absolute atomic E-state index is 12.1. The van der Waals surface area contributed by atoms with Crippen molar-refractivity contribution in [3.05, 3.63) is 26.0 Å². The number of H-pyrrole nitrogens is 1. The zero-order chi connectivity index (χ0) is 14.5. The van der Waals surface area contributed by atoms with Crippen LogP contribution >= 0.6 is 27.3 Å². The number of amides is 1. The number of likely N-dealkylation sites (tertiary alicyclic amines) is 1. The molecule has 0 spiro atoms. The van der Waals surface area contributed by atoms with E-state index in [4.69, 9.17) is 0 Å². The second-order valence-electron chi connectivity index (χ2n) is 4.99. The Kier molecular flexibility index (Phi) is 3.09. The number of halogens is 1. The molecule has 0 aliphatic carbocycles. The smallest absolute Gasteiger partial charge is 0.408 e. The second-order valence-corrected chi connectivity index (χ2v) is 7.42. The minimum Gasteiger partial charge on any atom is -0.465 e. The molecule has 1 saturated heterocycles. The van der Waals surface area contributed by atoms with Gasteiger partial charge in [-0.2, -0.15) is 0 Å². The molecule has 0 aromatic carbocycles. The topological polar surface area (TPSA) is 86.3 Å². The Morgan fingerprint density at radius 1 is 1.65 bits per heavy atom. The molecule has 2 aromatic heterocycles. The van der Waals surface area contributed by atoms with Gasteiger partial charge in [-0.05, 0) is 41.8 Å². The zero-order valence-corrected chi connectivity index (χ0v) is 13.0. The van der Waals surface area contributed by atoms with Crippen LogP contribution in [-0.4, -0.2) is 32.6 Å². The molecule has 6 nitrogen and oxygen atoms in total. The van der Waals surface area contributed by atoms with Crippen molar-refractivity contribution in [2.24, 2.45) is 0 Å². The Bertz CT molecular complexity index is 756. The highest BCUT2D eigenvalue weighted by Gasteiger charge is 2.43. The third-order valence-corrected chi connectivity index (χ3v) is 5.36. The number of nitrogens with one attached hydrogen (secondary N) is 1. The first-order chi connectivity index (χ1) is 9.41. The van der Waals surface area contributed by atoms with Gasteiger partial charge in [0.2, 0.25) is 0 Å². The van der Waals surface area contributed by atoms with Gasteiger partial charge >= 0.3 is 6.09 Å². The average Bonchev–Trinajstić information content (AvgIpc) is 2.92. The van der Waals surface area contributed by atoms with E-state index < -0.39 is 11.6 Å². The number of aromatic nitrogens is 2. The lowest BCUT2D eigenvalue weighted by atomic mass is 9.98. The van der Waals surface area contributed by atoms with Gasteiger partial charge in [-0.15, -0.1) is 11.3 Å². The second kappa shape index (κ2) is 4.56. The van der Waals surface area contributed by atoms with Crippen LogP contribution in [0.1, 0.15) is 25.6 Å². The summed E-state index contributed by atoms with van der Waals surface area (Å²) in [7, 11) is 0. The lowest BCUT2D eigenvalue weighted by Crippen LogP contribution is -2.44. The number of carbonyl (C=O) groups is 1. The standard InChI is InChI=1S/C12H12BrN3O3S/c1-12(3-2-4-16(12)11(18)19)10-14-6-5-7(13)20-8(6)9(17)15-10/h5H,2-4H2,1H3,(H,18,19)(H,14,15,17)/t12-/m1/s1. The van der Waals surface area contributed by atoms with Gasteiger partial charge in [0.25, 0.3) is 5.56 Å². The van der Waals surface area contributed by atoms with E-state index in [0.29, 0.717) is 29.0 Å². The third kappa shape index (κ3) is 1.94. The Balaban J connectivity index is 2.18. The number of carboxylic acid groups (broad SMARTS) is 1. The summed E-state index contributed by atoms with van der Waals surface area (Å²) >= 11 is 4.65. The van der Waals surface area contributed by atoms with E-state index in [2.05, 4.69) is 25.9 Å². The van der Waals surface area contributed by atoms with E-state index >= 15 is 0 Å². The molecule has 3 heterocycles. The summed E-state index contributed by atoms with van der Waals surface area (Å²) in [5.74, 6) is 0.417. The number of hydrogen-bond acceptors (Lipinski definition) is 4. The molecule has 1 aliphatic rings. The number of nitrogens with zero attached hydrogens (tertiary/aromatic N) is 2. The Morgan fingerprint density at radius 2 is 2.40 bits per heavy atom. The third-order valence-electron chi connectivity index (χ3n) is 3.73. The summed E-state index contributed by atoms with van der Waals surface area (Å²) in [4.78, 5) is 32.0. The molecular formula is C12H12BrN3O3S. The van der Waals surface area contributed by atoms with Crippen molar-refractivity contribution >= 4 is 43.6 Å². The average molecular weight is 358 g/mol. The van der Waals surface area contributed by atoms with Crippen LogP contribution in [0.5, 0.6) is 0 Å². The van der Waals surface area contributed by atoms with Crippen molar-refractivity contribution in [1.29, 1.82) is 0 Å². The van der Waals surface area contributed by atoms with Crippen LogP contribution in [0.3, 0.4) is 0 Å². The summed E-state index contributed by atoms with van der Waals surface area (Å²) < 4.78 is 1.37. The van der Waals surface area contributed by atoms with Gasteiger partial charge in [0.15, 0.2) is 0 Å². The highest BCUT2D eigenvalue weighted by Crippen LogP contribution is 2.37. The van der Waals surface area contributed by atoms with Crippen LogP contribution in [0.2, 0.25) is 0 Å². The van der Waals surface area contributed by atoms with Crippen LogP contribution in [0.15, 0.2) is 14.6 Å². The molecule has 0 saturated carbocycles. The van der Waals surface area contributed by atoms with Gasteiger partial charge < -0.3 is 10.1 Å². The van der Waals surface area contributed by atoms with Gasteiger partial charge in [-0.25, -0.2) is 9.78 Å². The fourth-order valence-electron chi connectivity index (χ4n) is 2.68. The molecule has 2 N–H and O–H groups in total. The lowest BCUT2D eigenvalue weighted by molar-refractivity contribution is 0.105. The summed E-state index contributed by atoms with van der Waals surface area (Å²) in [5.41, 5.74) is -0.397. The van der Waals surface area contributed by atoms with E-state index in [1.165, 1.54) is 16.2 Å². The van der Waals surface area contributed by atoms with Gasteiger partial charge in [-0.1, -0.05) is 0 Å². The maximum Gasteiger partial charge on any atom is 0.408 e. The molecule has 1 aliphatic heterocycles. The van der Waals surface area contributed by atoms with Gasteiger partial charge in [0, 0.05) is 6.54 Å². The number of thiophene rings is 1. The summed E-state index contributed by atoms with van der Waals surface area (Å²) in [5, 5.41) is 9.30. The predicted molar refractivity (Wildman–Crippen MR) is 79.3 cm³/mol.